The molecule has 2 heterocycles. The number of β-amino-alcohol motifs (C(OH)–C–C–N with tert-alkyl or cyclic N) is 1. The lowest BCUT2D eigenvalue weighted by molar-refractivity contribution is 0.0692. The molecule has 106 valence electrons. The van der Waals surface area contributed by atoms with E-state index in [4.69, 9.17) is 4.42 Å². The number of hydrogen-bond acceptors (Lipinski definition) is 4. The average molecular weight is 267 g/mol. The van der Waals surface area contributed by atoms with Crippen LogP contribution in [-0.2, 0) is 0 Å². The van der Waals surface area contributed by atoms with E-state index in [9.17, 15) is 9.90 Å². The van der Waals surface area contributed by atoms with Crippen molar-refractivity contribution in [2.45, 2.75) is 13.0 Å². The molecule has 0 aliphatic carbocycles. The van der Waals surface area contributed by atoms with Gasteiger partial charge in [0.1, 0.15) is 11.9 Å². The van der Waals surface area contributed by atoms with Crippen LogP contribution in [0.2, 0.25) is 0 Å². The molecular weight excluding hydrogens is 246 g/mol. The molecule has 1 aliphatic heterocycles. The highest BCUT2D eigenvalue weighted by atomic mass is 16.4. The summed E-state index contributed by atoms with van der Waals surface area (Å²) in [6.07, 6.45) is 0.956. The highest BCUT2D eigenvalue weighted by Gasteiger charge is 2.23. The van der Waals surface area contributed by atoms with Crippen molar-refractivity contribution in [1.82, 2.24) is 15.1 Å². The monoisotopic (exact) mass is 267 g/mol. The van der Waals surface area contributed by atoms with Crippen molar-refractivity contribution in [1.29, 1.82) is 0 Å². The summed E-state index contributed by atoms with van der Waals surface area (Å²) in [4.78, 5) is 15.6. The molecular formula is C13H21N3O3. The number of hydrogen-bond donors (Lipinski definition) is 2. The second kappa shape index (κ2) is 6.58. The molecule has 1 atom stereocenters. The van der Waals surface area contributed by atoms with Gasteiger partial charge in [0.25, 0.3) is 0 Å². The Morgan fingerprint density at radius 1 is 1.47 bits per heavy atom. The van der Waals surface area contributed by atoms with E-state index in [0.29, 0.717) is 31.9 Å². The Morgan fingerprint density at radius 3 is 2.79 bits per heavy atom. The Labute approximate surface area is 113 Å². The first-order chi connectivity index (χ1) is 9.20. The summed E-state index contributed by atoms with van der Waals surface area (Å²) >= 11 is 0. The molecule has 0 bridgehead atoms. The van der Waals surface area contributed by atoms with Crippen LogP contribution in [0.15, 0.2) is 22.8 Å². The van der Waals surface area contributed by atoms with E-state index in [2.05, 4.69) is 10.2 Å². The second-order valence-corrected chi connectivity index (χ2v) is 4.65. The number of nitrogens with one attached hydrogen (secondary N) is 1. The number of carbonyl (C=O) groups excluding carboxylic acids is 1. The van der Waals surface area contributed by atoms with Crippen molar-refractivity contribution < 1.29 is 14.3 Å². The fourth-order valence-electron chi connectivity index (χ4n) is 2.21. The van der Waals surface area contributed by atoms with Crippen LogP contribution in [0.25, 0.3) is 0 Å². The quantitative estimate of drug-likeness (QED) is 0.841. The van der Waals surface area contributed by atoms with Crippen LogP contribution in [0.3, 0.4) is 0 Å². The molecule has 0 unspecified atom stereocenters. The Kier molecular flexibility index (Phi) is 4.81. The van der Waals surface area contributed by atoms with Gasteiger partial charge in [-0.1, -0.05) is 0 Å². The molecule has 2 rings (SSSR count). The molecule has 2 amide bonds. The number of aliphatic hydroxyl groups is 1. The summed E-state index contributed by atoms with van der Waals surface area (Å²) in [5.74, 6) is 0.589. The lowest BCUT2D eigenvalue weighted by Gasteiger charge is -2.35. The number of carbonyl (C=O) groups is 1. The maximum atomic E-state index is 11.6. The number of rotatable bonds is 4. The highest BCUT2D eigenvalue weighted by Crippen LogP contribution is 2.15. The van der Waals surface area contributed by atoms with Crippen LogP contribution in [0.5, 0.6) is 0 Å². The summed E-state index contributed by atoms with van der Waals surface area (Å²) in [7, 11) is 0. The third-order valence-corrected chi connectivity index (χ3v) is 3.29. The smallest absolute Gasteiger partial charge is 0.317 e. The standard InChI is InChI=1S/C13H21N3O3/c1-2-14-13(18)16-7-5-15(6-8-16)10-11(17)12-4-3-9-19-12/h3-4,9,11,17H,2,5-8,10H2,1H3,(H,14,18)/t11-/m0/s1. The lowest BCUT2D eigenvalue weighted by Crippen LogP contribution is -2.52. The van der Waals surface area contributed by atoms with E-state index >= 15 is 0 Å². The third-order valence-electron chi connectivity index (χ3n) is 3.29. The van der Waals surface area contributed by atoms with Crippen molar-refractivity contribution in [2.24, 2.45) is 0 Å². The molecule has 2 N–H and O–H groups in total. The second-order valence-electron chi connectivity index (χ2n) is 4.65. The molecule has 19 heavy (non-hydrogen) atoms. The van der Waals surface area contributed by atoms with Crippen LogP contribution >= 0.6 is 0 Å². The van der Waals surface area contributed by atoms with Crippen LogP contribution in [0.4, 0.5) is 4.79 Å². The zero-order chi connectivity index (χ0) is 13.7. The number of nitrogens with zero attached hydrogens (tertiary/aromatic N) is 2. The Balaban J connectivity index is 1.76. The number of piperazine rings is 1. The Morgan fingerprint density at radius 2 is 2.21 bits per heavy atom. The van der Waals surface area contributed by atoms with Gasteiger partial charge in [-0.3, -0.25) is 4.90 Å². The molecule has 0 saturated carbocycles. The molecule has 1 aromatic rings. The van der Waals surface area contributed by atoms with Gasteiger partial charge >= 0.3 is 6.03 Å². The lowest BCUT2D eigenvalue weighted by atomic mass is 10.2. The summed E-state index contributed by atoms with van der Waals surface area (Å²) in [5, 5.41) is 12.8. The Bertz CT molecular complexity index is 386. The van der Waals surface area contributed by atoms with Gasteiger partial charge in [-0.25, -0.2) is 4.79 Å². The molecule has 1 aliphatic rings. The molecule has 0 radical (unpaired) electrons. The zero-order valence-corrected chi connectivity index (χ0v) is 11.2. The van der Waals surface area contributed by atoms with Crippen molar-refractivity contribution in [3.05, 3.63) is 24.2 Å². The third kappa shape index (κ3) is 3.71. The minimum Gasteiger partial charge on any atom is -0.467 e. The van der Waals surface area contributed by atoms with Crippen LogP contribution < -0.4 is 5.32 Å². The van der Waals surface area contributed by atoms with Gasteiger partial charge in [-0.2, -0.15) is 0 Å². The van der Waals surface area contributed by atoms with Gasteiger partial charge in [-0.05, 0) is 19.1 Å². The topological polar surface area (TPSA) is 69.0 Å². The van der Waals surface area contributed by atoms with Gasteiger partial charge in [0.2, 0.25) is 0 Å². The molecule has 1 aromatic heterocycles. The van der Waals surface area contributed by atoms with E-state index in [1.165, 1.54) is 0 Å². The van der Waals surface area contributed by atoms with E-state index in [-0.39, 0.29) is 6.03 Å². The summed E-state index contributed by atoms with van der Waals surface area (Å²) < 4.78 is 5.18. The fraction of sp³-hybridized carbons (Fsp3) is 0.615. The summed E-state index contributed by atoms with van der Waals surface area (Å²) in [6, 6.07) is 3.54. The largest absolute Gasteiger partial charge is 0.467 e. The van der Waals surface area contributed by atoms with Gasteiger partial charge in [-0.15, -0.1) is 0 Å². The maximum absolute atomic E-state index is 11.6. The molecule has 0 aromatic carbocycles. The molecule has 0 spiro atoms. The van der Waals surface area contributed by atoms with E-state index < -0.39 is 6.10 Å². The first-order valence-electron chi connectivity index (χ1n) is 6.67. The van der Waals surface area contributed by atoms with Crippen LogP contribution in [0, 0.1) is 0 Å². The Hall–Kier alpha value is -1.53. The number of amides is 2. The van der Waals surface area contributed by atoms with Crippen molar-refractivity contribution in [3.8, 4) is 0 Å². The van der Waals surface area contributed by atoms with Crippen molar-refractivity contribution in [2.75, 3.05) is 39.3 Å². The van der Waals surface area contributed by atoms with Gasteiger partial charge in [0.05, 0.1) is 6.26 Å². The van der Waals surface area contributed by atoms with Crippen LogP contribution in [0.1, 0.15) is 18.8 Å². The van der Waals surface area contributed by atoms with E-state index in [0.717, 1.165) is 13.1 Å². The number of furan rings is 1. The van der Waals surface area contributed by atoms with Crippen LogP contribution in [-0.4, -0.2) is 60.2 Å². The SMILES string of the molecule is CCNC(=O)N1CCN(C[C@H](O)c2ccco2)CC1. The highest BCUT2D eigenvalue weighted by molar-refractivity contribution is 5.74. The molecule has 6 heteroatoms. The van der Waals surface area contributed by atoms with E-state index in [1.54, 1.807) is 23.3 Å². The predicted octanol–water partition coefficient (Wildman–Crippen LogP) is 0.660. The minimum atomic E-state index is -0.606. The van der Waals surface area contributed by atoms with E-state index in [1.807, 2.05) is 6.92 Å². The minimum absolute atomic E-state index is 0.00580. The first-order valence-corrected chi connectivity index (χ1v) is 6.67. The van der Waals surface area contributed by atoms with Gasteiger partial charge in [0.15, 0.2) is 0 Å². The maximum Gasteiger partial charge on any atom is 0.317 e. The normalized spacial score (nSPS) is 18.3. The number of aliphatic hydroxyl groups excluding tert-OH is 1. The number of urea groups is 1. The van der Waals surface area contributed by atoms with Gasteiger partial charge in [0, 0.05) is 39.3 Å². The van der Waals surface area contributed by atoms with Crippen molar-refractivity contribution >= 4 is 6.03 Å². The van der Waals surface area contributed by atoms with Gasteiger partial charge < -0.3 is 19.7 Å². The molecule has 6 nitrogen and oxygen atoms in total. The molecule has 1 fully saturated rings. The summed E-state index contributed by atoms with van der Waals surface area (Å²) in [5.41, 5.74) is 0. The zero-order valence-electron chi connectivity index (χ0n) is 11.2. The fourth-order valence-corrected chi connectivity index (χ4v) is 2.21. The first kappa shape index (κ1) is 13.9. The average Bonchev–Trinajstić information content (AvgIpc) is 2.94. The summed E-state index contributed by atoms with van der Waals surface area (Å²) in [6.45, 7) is 6.03. The molecule has 1 saturated heterocycles. The predicted molar refractivity (Wildman–Crippen MR) is 70.8 cm³/mol. The van der Waals surface area contributed by atoms with Crippen molar-refractivity contribution in [3.63, 3.8) is 0 Å².